The molecule has 4 aromatic heterocycles. The predicted octanol–water partition coefficient (Wildman–Crippen LogP) is 2.26. The Morgan fingerprint density at radius 2 is 2.00 bits per heavy atom. The van der Waals surface area contributed by atoms with Gasteiger partial charge in [0.25, 0.3) is 5.56 Å². The van der Waals surface area contributed by atoms with Crippen molar-refractivity contribution in [1.29, 1.82) is 0 Å². The minimum atomic E-state index is -1.03. The highest BCUT2D eigenvalue weighted by molar-refractivity contribution is 7.16. The predicted molar refractivity (Wildman–Crippen MR) is 123 cm³/mol. The van der Waals surface area contributed by atoms with Gasteiger partial charge in [-0.05, 0) is 31.5 Å². The van der Waals surface area contributed by atoms with Crippen LogP contribution in [0.3, 0.4) is 0 Å². The minimum absolute atomic E-state index is 0.155. The maximum atomic E-state index is 12.8. The lowest BCUT2D eigenvalue weighted by molar-refractivity contribution is 0.0696. The molecule has 0 saturated carbocycles. The van der Waals surface area contributed by atoms with E-state index in [1.54, 1.807) is 41.0 Å². The molecule has 168 valence electrons. The summed E-state index contributed by atoms with van der Waals surface area (Å²) < 4.78 is 5.10. The zero-order chi connectivity index (χ0) is 23.3. The Labute approximate surface area is 190 Å². The van der Waals surface area contributed by atoms with Gasteiger partial charge in [0.1, 0.15) is 5.82 Å². The molecule has 5 aromatic rings. The second kappa shape index (κ2) is 7.85. The van der Waals surface area contributed by atoms with Crippen LogP contribution in [0.25, 0.3) is 16.1 Å². The highest BCUT2D eigenvalue weighted by atomic mass is 32.1. The first kappa shape index (κ1) is 20.9. The standard InChI is InChI=1S/C22H20N6O4S/c1-3-27-18-17(19(29)25-21(27)32)28(10-13-5-4-6-14(7-13)20(30)31)16(24-18)8-15-11-26-9-12(2)33-22(26)23-15/h4-7,9,11H,3,8,10H2,1-2H3,(H,30,31)(H,25,29,32). The monoisotopic (exact) mass is 464 g/mol. The van der Waals surface area contributed by atoms with E-state index in [1.807, 2.05) is 23.7 Å². The van der Waals surface area contributed by atoms with Crippen LogP contribution < -0.4 is 11.2 Å². The molecule has 0 bridgehead atoms. The number of carboxylic acids is 1. The fraction of sp³-hybridized carbons (Fsp3) is 0.227. The van der Waals surface area contributed by atoms with Gasteiger partial charge < -0.3 is 9.67 Å². The van der Waals surface area contributed by atoms with E-state index in [-0.39, 0.29) is 17.6 Å². The average Bonchev–Trinajstić information content (AvgIpc) is 3.40. The quantitative estimate of drug-likeness (QED) is 0.397. The third-order valence-corrected chi connectivity index (χ3v) is 6.37. The molecule has 0 saturated heterocycles. The Balaban J connectivity index is 1.68. The Kier molecular flexibility index (Phi) is 4.97. The average molecular weight is 465 g/mol. The molecule has 0 unspecified atom stereocenters. The zero-order valence-electron chi connectivity index (χ0n) is 17.9. The number of imidazole rings is 2. The normalized spacial score (nSPS) is 11.6. The molecule has 2 N–H and O–H groups in total. The molecule has 0 amide bonds. The number of aromatic carboxylic acids is 1. The lowest BCUT2D eigenvalue weighted by Crippen LogP contribution is -2.30. The van der Waals surface area contributed by atoms with Crippen molar-refractivity contribution in [3.8, 4) is 0 Å². The molecule has 0 radical (unpaired) electrons. The number of hydrogen-bond acceptors (Lipinski definition) is 6. The number of carboxylic acid groups (broad SMARTS) is 1. The number of benzene rings is 1. The van der Waals surface area contributed by atoms with Crippen LogP contribution in [0.5, 0.6) is 0 Å². The third kappa shape index (κ3) is 3.65. The fourth-order valence-corrected chi connectivity index (χ4v) is 4.84. The minimum Gasteiger partial charge on any atom is -0.478 e. The van der Waals surface area contributed by atoms with Crippen molar-refractivity contribution >= 4 is 33.4 Å². The largest absolute Gasteiger partial charge is 0.478 e. The summed E-state index contributed by atoms with van der Waals surface area (Å²) >= 11 is 1.58. The summed E-state index contributed by atoms with van der Waals surface area (Å²) in [6.07, 6.45) is 4.26. The Morgan fingerprint density at radius 3 is 2.73 bits per heavy atom. The third-order valence-electron chi connectivity index (χ3n) is 5.46. The van der Waals surface area contributed by atoms with Gasteiger partial charge in [0.2, 0.25) is 0 Å². The number of nitrogens with one attached hydrogen (secondary N) is 1. The van der Waals surface area contributed by atoms with Crippen molar-refractivity contribution in [3.63, 3.8) is 0 Å². The summed E-state index contributed by atoms with van der Waals surface area (Å²) in [5.74, 6) is -0.467. The van der Waals surface area contributed by atoms with Crippen molar-refractivity contribution in [2.24, 2.45) is 0 Å². The molecule has 0 aliphatic carbocycles. The molecular formula is C22H20N6O4S. The molecule has 4 heterocycles. The molecule has 0 aliphatic rings. The fourth-order valence-electron chi connectivity index (χ4n) is 4.01. The molecule has 11 heteroatoms. The number of aryl methyl sites for hydroxylation is 2. The number of carbonyl (C=O) groups is 1. The number of nitrogens with zero attached hydrogens (tertiary/aromatic N) is 5. The van der Waals surface area contributed by atoms with E-state index in [0.29, 0.717) is 30.0 Å². The Bertz CT molecular complexity index is 1620. The number of hydrogen-bond donors (Lipinski definition) is 2. The molecule has 0 spiro atoms. The van der Waals surface area contributed by atoms with Gasteiger partial charge in [-0.2, -0.15) is 0 Å². The Morgan fingerprint density at radius 1 is 1.18 bits per heavy atom. The SMILES string of the molecule is CCn1c(=O)[nH]c(=O)c2c1nc(Cc1cn3cc(C)sc3n1)n2Cc1cccc(C(=O)O)c1. The first-order valence-electron chi connectivity index (χ1n) is 10.3. The molecule has 0 aliphatic heterocycles. The molecule has 5 rings (SSSR count). The van der Waals surface area contributed by atoms with Crippen LogP contribution in [0.15, 0.2) is 46.2 Å². The summed E-state index contributed by atoms with van der Waals surface area (Å²) in [5, 5.41) is 9.35. The summed E-state index contributed by atoms with van der Waals surface area (Å²) in [5.41, 5.74) is 1.15. The molecule has 1 aromatic carbocycles. The lowest BCUT2D eigenvalue weighted by Gasteiger charge is -2.09. The lowest BCUT2D eigenvalue weighted by atomic mass is 10.1. The van der Waals surface area contributed by atoms with E-state index >= 15 is 0 Å². The van der Waals surface area contributed by atoms with E-state index < -0.39 is 17.2 Å². The van der Waals surface area contributed by atoms with Crippen LogP contribution in [0.1, 0.15) is 39.2 Å². The van der Waals surface area contributed by atoms with E-state index in [2.05, 4.69) is 15.0 Å². The Hall–Kier alpha value is -3.99. The van der Waals surface area contributed by atoms with Gasteiger partial charge in [0, 0.05) is 36.8 Å². The number of H-pyrrole nitrogens is 1. The number of rotatable bonds is 6. The van der Waals surface area contributed by atoms with Gasteiger partial charge >= 0.3 is 11.7 Å². The topological polar surface area (TPSA) is 127 Å². The molecule has 0 fully saturated rings. The summed E-state index contributed by atoms with van der Waals surface area (Å²) in [6, 6.07) is 6.54. The maximum absolute atomic E-state index is 12.8. The van der Waals surface area contributed by atoms with Gasteiger partial charge in [-0.1, -0.05) is 12.1 Å². The van der Waals surface area contributed by atoms with E-state index in [0.717, 1.165) is 15.5 Å². The molecule has 0 atom stereocenters. The summed E-state index contributed by atoms with van der Waals surface area (Å²) in [7, 11) is 0. The van der Waals surface area contributed by atoms with Crippen molar-refractivity contribution < 1.29 is 9.90 Å². The number of aromatic nitrogens is 6. The highest BCUT2D eigenvalue weighted by Crippen LogP contribution is 2.21. The first-order valence-corrected chi connectivity index (χ1v) is 11.1. The van der Waals surface area contributed by atoms with E-state index in [9.17, 15) is 19.5 Å². The van der Waals surface area contributed by atoms with Crippen molar-refractivity contribution in [2.75, 3.05) is 0 Å². The van der Waals surface area contributed by atoms with Crippen LogP contribution in [0, 0.1) is 6.92 Å². The smallest absolute Gasteiger partial charge is 0.335 e. The maximum Gasteiger partial charge on any atom is 0.335 e. The van der Waals surface area contributed by atoms with Gasteiger partial charge in [0.05, 0.1) is 11.3 Å². The number of fused-ring (bicyclic) bond motifs is 2. The van der Waals surface area contributed by atoms with Crippen LogP contribution in [-0.2, 0) is 19.5 Å². The van der Waals surface area contributed by atoms with Crippen LogP contribution >= 0.6 is 11.3 Å². The van der Waals surface area contributed by atoms with Gasteiger partial charge in [-0.15, -0.1) is 11.3 Å². The first-order chi connectivity index (χ1) is 15.8. The van der Waals surface area contributed by atoms with Crippen molar-refractivity contribution in [3.05, 3.63) is 85.0 Å². The number of thiazole rings is 1. The van der Waals surface area contributed by atoms with Crippen molar-refractivity contribution in [2.45, 2.75) is 33.4 Å². The second-order valence-electron chi connectivity index (χ2n) is 7.74. The van der Waals surface area contributed by atoms with Crippen LogP contribution in [0.2, 0.25) is 0 Å². The molecular weight excluding hydrogens is 444 g/mol. The summed E-state index contributed by atoms with van der Waals surface area (Å²) in [6.45, 7) is 4.38. The van der Waals surface area contributed by atoms with Crippen LogP contribution in [-0.4, -0.2) is 39.6 Å². The van der Waals surface area contributed by atoms with Crippen molar-refractivity contribution in [1.82, 2.24) is 28.5 Å². The van der Waals surface area contributed by atoms with Crippen LogP contribution in [0.4, 0.5) is 0 Å². The van der Waals surface area contributed by atoms with Gasteiger partial charge in [-0.25, -0.2) is 19.6 Å². The zero-order valence-corrected chi connectivity index (χ0v) is 18.7. The van der Waals surface area contributed by atoms with Gasteiger partial charge in [-0.3, -0.25) is 18.7 Å². The second-order valence-corrected chi connectivity index (χ2v) is 8.95. The summed E-state index contributed by atoms with van der Waals surface area (Å²) in [4.78, 5) is 50.3. The van der Waals surface area contributed by atoms with E-state index in [4.69, 9.17) is 0 Å². The molecule has 33 heavy (non-hydrogen) atoms. The molecule has 10 nitrogen and oxygen atoms in total. The van der Waals surface area contributed by atoms with E-state index in [1.165, 1.54) is 10.6 Å². The number of aromatic amines is 1. The highest BCUT2D eigenvalue weighted by Gasteiger charge is 2.20. The van der Waals surface area contributed by atoms with Gasteiger partial charge in [0.15, 0.2) is 16.1 Å².